The van der Waals surface area contributed by atoms with Crippen LogP contribution >= 0.6 is 11.6 Å². The molecular formula is C22H27ClN4O5S. The van der Waals surface area contributed by atoms with Gasteiger partial charge in [0.2, 0.25) is 5.88 Å². The van der Waals surface area contributed by atoms with Crippen molar-refractivity contribution in [2.24, 2.45) is 0 Å². The van der Waals surface area contributed by atoms with Crippen LogP contribution in [0.3, 0.4) is 0 Å². The van der Waals surface area contributed by atoms with E-state index in [1.807, 2.05) is 25.7 Å². The molecule has 4 rings (SSSR count). The predicted octanol–water partition coefficient (Wildman–Crippen LogP) is 4.11. The van der Waals surface area contributed by atoms with Crippen molar-refractivity contribution in [3.63, 3.8) is 0 Å². The quantitative estimate of drug-likeness (QED) is 0.638. The SMILES string of the molecule is Cc1c(Nc2ccc(S(C)(=O)=O)cc2Cl)ncnc1O[C@H]1CC2CCC1N2C(=O)OC(C)C. The predicted molar refractivity (Wildman–Crippen MR) is 124 cm³/mol. The highest BCUT2D eigenvalue weighted by Crippen LogP contribution is 2.41. The molecule has 2 saturated heterocycles. The number of hydrogen-bond acceptors (Lipinski definition) is 8. The van der Waals surface area contributed by atoms with E-state index in [2.05, 4.69) is 15.3 Å². The lowest BCUT2D eigenvalue weighted by Crippen LogP contribution is -2.40. The molecule has 33 heavy (non-hydrogen) atoms. The van der Waals surface area contributed by atoms with Crippen molar-refractivity contribution in [3.8, 4) is 5.88 Å². The zero-order valence-corrected chi connectivity index (χ0v) is 20.5. The lowest BCUT2D eigenvalue weighted by molar-refractivity contribution is 0.0641. The molecule has 9 nitrogen and oxygen atoms in total. The zero-order chi connectivity index (χ0) is 23.9. The summed E-state index contributed by atoms with van der Waals surface area (Å²) in [6, 6.07) is 4.53. The van der Waals surface area contributed by atoms with Crippen LogP contribution in [0.1, 0.15) is 38.7 Å². The summed E-state index contributed by atoms with van der Waals surface area (Å²) in [6.45, 7) is 5.50. The average molecular weight is 495 g/mol. The minimum Gasteiger partial charge on any atom is -0.472 e. The van der Waals surface area contributed by atoms with Crippen LogP contribution in [0.2, 0.25) is 5.02 Å². The number of sulfone groups is 1. The van der Waals surface area contributed by atoms with Crippen LogP contribution in [0.15, 0.2) is 29.4 Å². The van der Waals surface area contributed by atoms with Gasteiger partial charge in [0, 0.05) is 18.7 Å². The van der Waals surface area contributed by atoms with E-state index in [1.165, 1.54) is 18.5 Å². The molecule has 2 fully saturated rings. The number of nitrogens with one attached hydrogen (secondary N) is 1. The first-order chi connectivity index (χ1) is 15.5. The molecule has 1 N–H and O–H groups in total. The van der Waals surface area contributed by atoms with Gasteiger partial charge in [-0.05, 0) is 51.8 Å². The van der Waals surface area contributed by atoms with Crippen LogP contribution in [0.5, 0.6) is 5.88 Å². The van der Waals surface area contributed by atoms with Crippen molar-refractivity contribution in [3.05, 3.63) is 35.1 Å². The number of hydrogen-bond donors (Lipinski definition) is 1. The molecule has 3 heterocycles. The highest BCUT2D eigenvalue weighted by Gasteiger charge is 2.51. The van der Waals surface area contributed by atoms with Crippen LogP contribution in [-0.4, -0.2) is 59.9 Å². The third kappa shape index (κ3) is 4.86. The Labute approximate surface area is 198 Å². The van der Waals surface area contributed by atoms with E-state index in [9.17, 15) is 13.2 Å². The number of rotatable bonds is 6. The average Bonchev–Trinajstić information content (AvgIpc) is 3.29. The summed E-state index contributed by atoms with van der Waals surface area (Å²) in [6.07, 6.45) is 4.40. The van der Waals surface area contributed by atoms with Crippen LogP contribution in [0.4, 0.5) is 16.3 Å². The summed E-state index contributed by atoms with van der Waals surface area (Å²) in [5.41, 5.74) is 1.19. The van der Waals surface area contributed by atoms with Crippen LogP contribution in [0.25, 0.3) is 0 Å². The fourth-order valence-corrected chi connectivity index (χ4v) is 5.32. The second kappa shape index (κ2) is 8.98. The zero-order valence-electron chi connectivity index (χ0n) is 18.9. The Morgan fingerprint density at radius 2 is 2.03 bits per heavy atom. The molecule has 2 bridgehead atoms. The fraction of sp³-hybridized carbons (Fsp3) is 0.500. The van der Waals surface area contributed by atoms with E-state index in [-0.39, 0.29) is 40.3 Å². The maximum absolute atomic E-state index is 12.5. The number of aromatic nitrogens is 2. The summed E-state index contributed by atoms with van der Waals surface area (Å²) in [5, 5.41) is 3.38. The third-order valence-electron chi connectivity index (χ3n) is 5.95. The largest absolute Gasteiger partial charge is 0.472 e. The summed E-state index contributed by atoms with van der Waals surface area (Å²) in [5.74, 6) is 0.916. The lowest BCUT2D eigenvalue weighted by atomic mass is 9.98. The van der Waals surface area contributed by atoms with Crippen LogP contribution in [0, 0.1) is 6.92 Å². The standard InChI is InChI=1S/C22H27ClN4O5S/c1-12(2)31-22(28)27-14-5-8-18(27)19(9-14)32-21-13(3)20(24-11-25-21)26-17-7-6-15(10-16(17)23)33(4,29)30/h6-7,10-12,14,18-19H,5,8-9H2,1-4H3,(H,24,25,26)/t14?,18?,19-/m0/s1. The number of carbonyl (C=O) groups is 1. The van der Waals surface area contributed by atoms with Crippen LogP contribution in [-0.2, 0) is 14.6 Å². The molecule has 1 aromatic heterocycles. The van der Waals surface area contributed by atoms with Gasteiger partial charge in [-0.25, -0.2) is 23.2 Å². The molecule has 2 aromatic rings. The van der Waals surface area contributed by atoms with Gasteiger partial charge >= 0.3 is 6.09 Å². The van der Waals surface area contributed by atoms with Gasteiger partial charge < -0.3 is 14.8 Å². The number of carbonyl (C=O) groups excluding carboxylic acids is 1. The van der Waals surface area contributed by atoms with Gasteiger partial charge in [0.15, 0.2) is 9.84 Å². The van der Waals surface area contributed by atoms with E-state index >= 15 is 0 Å². The molecule has 2 aliphatic heterocycles. The Bertz CT molecular complexity index is 1170. The van der Waals surface area contributed by atoms with Crippen molar-refractivity contribution in [2.45, 2.75) is 69.2 Å². The molecule has 3 atom stereocenters. The van der Waals surface area contributed by atoms with Gasteiger partial charge in [-0.1, -0.05) is 11.6 Å². The van der Waals surface area contributed by atoms with E-state index in [1.54, 1.807) is 6.07 Å². The number of nitrogens with zero attached hydrogens (tertiary/aromatic N) is 3. The molecule has 2 unspecified atom stereocenters. The molecular weight excluding hydrogens is 468 g/mol. The minimum absolute atomic E-state index is 0.0509. The van der Waals surface area contributed by atoms with Crippen molar-refractivity contribution in [1.82, 2.24) is 14.9 Å². The Morgan fingerprint density at radius 1 is 1.27 bits per heavy atom. The number of benzene rings is 1. The van der Waals surface area contributed by atoms with Gasteiger partial charge in [0.25, 0.3) is 0 Å². The topological polar surface area (TPSA) is 111 Å². The van der Waals surface area contributed by atoms with Crippen LogP contribution < -0.4 is 10.1 Å². The Morgan fingerprint density at radius 3 is 2.70 bits per heavy atom. The minimum atomic E-state index is -3.36. The van der Waals surface area contributed by atoms with Gasteiger partial charge in [-0.2, -0.15) is 0 Å². The summed E-state index contributed by atoms with van der Waals surface area (Å²) < 4.78 is 35.1. The molecule has 2 aliphatic rings. The number of anilines is 2. The fourth-order valence-electron chi connectivity index (χ4n) is 4.39. The number of fused-ring (bicyclic) bond motifs is 2. The van der Waals surface area contributed by atoms with E-state index in [4.69, 9.17) is 21.1 Å². The number of amides is 1. The molecule has 0 radical (unpaired) electrons. The Balaban J connectivity index is 1.50. The van der Waals surface area contributed by atoms with Gasteiger partial charge in [0.05, 0.1) is 33.3 Å². The van der Waals surface area contributed by atoms with E-state index < -0.39 is 9.84 Å². The van der Waals surface area contributed by atoms with Crippen molar-refractivity contribution in [2.75, 3.05) is 11.6 Å². The first-order valence-corrected chi connectivity index (χ1v) is 13.1. The smallest absolute Gasteiger partial charge is 0.410 e. The normalized spacial score (nSPS) is 22.0. The van der Waals surface area contributed by atoms with Crippen molar-refractivity contribution >= 4 is 39.0 Å². The maximum Gasteiger partial charge on any atom is 0.410 e. The molecule has 11 heteroatoms. The summed E-state index contributed by atoms with van der Waals surface area (Å²) in [7, 11) is -3.36. The molecule has 0 saturated carbocycles. The van der Waals surface area contributed by atoms with Gasteiger partial charge in [-0.15, -0.1) is 0 Å². The Hall–Kier alpha value is -2.59. The van der Waals surface area contributed by atoms with Gasteiger partial charge in [0.1, 0.15) is 18.2 Å². The molecule has 1 amide bonds. The second-order valence-corrected chi connectivity index (χ2v) is 11.1. The summed E-state index contributed by atoms with van der Waals surface area (Å²) >= 11 is 6.29. The number of halogens is 1. The number of ether oxygens (including phenoxy) is 2. The lowest BCUT2D eigenvalue weighted by Gasteiger charge is -2.25. The second-order valence-electron chi connectivity index (χ2n) is 8.72. The third-order valence-corrected chi connectivity index (χ3v) is 7.37. The Kier molecular flexibility index (Phi) is 6.41. The van der Waals surface area contributed by atoms with E-state index in [0.717, 1.165) is 25.5 Å². The highest BCUT2D eigenvalue weighted by molar-refractivity contribution is 7.90. The summed E-state index contributed by atoms with van der Waals surface area (Å²) in [4.78, 5) is 23.0. The molecule has 1 aromatic carbocycles. The first kappa shape index (κ1) is 23.6. The maximum atomic E-state index is 12.5. The van der Waals surface area contributed by atoms with Crippen molar-refractivity contribution in [1.29, 1.82) is 0 Å². The molecule has 0 aliphatic carbocycles. The highest BCUT2D eigenvalue weighted by atomic mass is 35.5. The van der Waals surface area contributed by atoms with Crippen molar-refractivity contribution < 1.29 is 22.7 Å². The molecule has 178 valence electrons. The monoisotopic (exact) mass is 494 g/mol. The van der Waals surface area contributed by atoms with Gasteiger partial charge in [-0.3, -0.25) is 4.90 Å². The van der Waals surface area contributed by atoms with E-state index in [0.29, 0.717) is 22.9 Å². The molecule has 0 spiro atoms. The first-order valence-electron chi connectivity index (χ1n) is 10.8.